The third-order valence-corrected chi connectivity index (χ3v) is 14.2. The first-order valence-electron chi connectivity index (χ1n) is 16.9. The van der Waals surface area contributed by atoms with E-state index in [0.29, 0.717) is 12.1 Å². The molecule has 1 saturated heterocycles. The van der Waals surface area contributed by atoms with Gasteiger partial charge in [-0.25, -0.2) is 0 Å². The van der Waals surface area contributed by atoms with Crippen LogP contribution in [0.5, 0.6) is 5.75 Å². The average Bonchev–Trinajstić information content (AvgIpc) is 3.43. The molecule has 0 radical (unpaired) electrons. The van der Waals surface area contributed by atoms with Gasteiger partial charge in [0.25, 0.3) is 5.91 Å². The van der Waals surface area contributed by atoms with E-state index in [4.69, 9.17) is 9.47 Å². The fourth-order valence-corrected chi connectivity index (χ4v) is 11.3. The number of ether oxygens (including phenoxy) is 2. The molecule has 0 saturated carbocycles. The highest BCUT2D eigenvalue weighted by molar-refractivity contribution is 6.91. The Bertz CT molecular complexity index is 1610. The van der Waals surface area contributed by atoms with Gasteiger partial charge in [0.05, 0.1) is 40.4 Å². The fraction of sp³-hybridized carbons (Fsp3) is 0.350. The van der Waals surface area contributed by atoms with Crippen LogP contribution in [0.4, 0.5) is 5.69 Å². The molecular weight excluding hydrogens is 617 g/mol. The number of amides is 2. The van der Waals surface area contributed by atoms with Crippen LogP contribution < -0.4 is 15.2 Å². The van der Waals surface area contributed by atoms with Gasteiger partial charge < -0.3 is 24.8 Å². The molecule has 5 rings (SSSR count). The summed E-state index contributed by atoms with van der Waals surface area (Å²) in [5.41, 5.74) is 3.79. The second-order valence-electron chi connectivity index (χ2n) is 13.3. The van der Waals surface area contributed by atoms with Crippen LogP contribution in [-0.4, -0.2) is 62.4 Å². The van der Waals surface area contributed by atoms with Crippen LogP contribution in [0.15, 0.2) is 109 Å². The quantitative estimate of drug-likeness (QED) is 0.147. The summed E-state index contributed by atoms with van der Waals surface area (Å²) in [6.45, 7) is 7.71. The van der Waals surface area contributed by atoms with Crippen molar-refractivity contribution < 1.29 is 24.2 Å². The summed E-state index contributed by atoms with van der Waals surface area (Å²) in [5, 5.41) is 14.1. The van der Waals surface area contributed by atoms with Gasteiger partial charge in [-0.3, -0.25) is 9.59 Å². The highest BCUT2D eigenvalue weighted by Gasteiger charge is 2.51. The predicted octanol–water partition coefficient (Wildman–Crippen LogP) is 6.68. The van der Waals surface area contributed by atoms with E-state index in [1.807, 2.05) is 72.8 Å². The van der Waals surface area contributed by atoms with Gasteiger partial charge in [-0.15, -0.1) is 0 Å². The maximum absolute atomic E-state index is 13.9. The molecule has 252 valence electrons. The highest BCUT2D eigenvalue weighted by Crippen LogP contribution is 2.46. The van der Waals surface area contributed by atoms with Gasteiger partial charge in [0, 0.05) is 24.3 Å². The van der Waals surface area contributed by atoms with Crippen molar-refractivity contribution in [2.75, 3.05) is 25.6 Å². The van der Waals surface area contributed by atoms with Crippen molar-refractivity contribution in [3.05, 3.63) is 126 Å². The molecule has 0 aromatic heterocycles. The van der Waals surface area contributed by atoms with Gasteiger partial charge >= 0.3 is 0 Å². The number of nitrogens with one attached hydrogen (secondary N) is 1. The van der Waals surface area contributed by atoms with E-state index >= 15 is 0 Å². The number of aliphatic hydroxyl groups is 1. The summed E-state index contributed by atoms with van der Waals surface area (Å²) in [7, 11) is -0.465. The zero-order valence-electron chi connectivity index (χ0n) is 28.5. The number of hydrogen-bond donors (Lipinski definition) is 2. The maximum atomic E-state index is 13.9. The lowest BCUT2D eigenvalue weighted by Crippen LogP contribution is -2.51. The molecule has 4 atom stereocenters. The van der Waals surface area contributed by atoms with Crippen molar-refractivity contribution in [2.45, 2.75) is 63.6 Å². The standard InChI is InChI=1S/C40H48N2O5Si/c1-29-36(24-17-30-15-18-33(19-16-30)41-40(45)32-13-9-6-10-14-32)47-37(39(29)48(3,4)35-22-20-34(46-2)21-23-35)27-38(44)42(25-26-43)28-31-11-7-5-8-12-31/h5-16,18-23,29,36-37,39,43H,17,24-28H2,1-4H3,(H,41,45)/t29-,36+,37-,39+/m1/s1. The number of methoxy groups -OCH3 is 1. The van der Waals surface area contributed by atoms with Gasteiger partial charge in [-0.1, -0.05) is 98.0 Å². The zero-order chi connectivity index (χ0) is 34.1. The molecule has 48 heavy (non-hydrogen) atoms. The van der Waals surface area contributed by atoms with E-state index in [9.17, 15) is 14.7 Å². The second-order valence-corrected chi connectivity index (χ2v) is 18.0. The summed E-state index contributed by atoms with van der Waals surface area (Å²) in [6, 6.07) is 35.5. The number of aliphatic hydroxyl groups excluding tert-OH is 1. The Labute approximate surface area is 285 Å². The summed E-state index contributed by atoms with van der Waals surface area (Å²) >= 11 is 0. The van der Waals surface area contributed by atoms with Gasteiger partial charge in [0.15, 0.2) is 0 Å². The Morgan fingerprint density at radius 3 is 2.12 bits per heavy atom. The van der Waals surface area contributed by atoms with Gasteiger partial charge in [0.2, 0.25) is 5.91 Å². The van der Waals surface area contributed by atoms with E-state index < -0.39 is 8.07 Å². The Hall–Kier alpha value is -4.24. The maximum Gasteiger partial charge on any atom is 0.255 e. The van der Waals surface area contributed by atoms with Crippen LogP contribution in [0.3, 0.4) is 0 Å². The first-order valence-corrected chi connectivity index (χ1v) is 19.9. The van der Waals surface area contributed by atoms with Crippen LogP contribution in [0.25, 0.3) is 0 Å². The predicted molar refractivity (Wildman–Crippen MR) is 194 cm³/mol. The molecule has 2 amide bonds. The first-order chi connectivity index (χ1) is 23.2. The van der Waals surface area contributed by atoms with Crippen molar-refractivity contribution in [3.8, 4) is 5.75 Å². The summed E-state index contributed by atoms with van der Waals surface area (Å²) in [4.78, 5) is 28.2. The Morgan fingerprint density at radius 1 is 0.854 bits per heavy atom. The third kappa shape index (κ3) is 8.61. The van der Waals surface area contributed by atoms with Crippen LogP contribution in [0, 0.1) is 5.92 Å². The molecule has 7 nitrogen and oxygen atoms in total. The molecule has 1 heterocycles. The lowest BCUT2D eigenvalue weighted by atomic mass is 9.95. The van der Waals surface area contributed by atoms with Crippen LogP contribution in [0.2, 0.25) is 18.6 Å². The third-order valence-electron chi connectivity index (χ3n) is 9.85. The highest BCUT2D eigenvalue weighted by atomic mass is 28.3. The van der Waals surface area contributed by atoms with Crippen molar-refractivity contribution in [3.63, 3.8) is 0 Å². The largest absolute Gasteiger partial charge is 0.497 e. The number of rotatable bonds is 14. The summed E-state index contributed by atoms with van der Waals surface area (Å²) in [5.74, 6) is 0.947. The smallest absolute Gasteiger partial charge is 0.255 e. The molecule has 8 heteroatoms. The molecule has 0 aliphatic carbocycles. The number of aryl methyl sites for hydroxylation is 1. The molecule has 1 fully saturated rings. The average molecular weight is 665 g/mol. The van der Waals surface area contributed by atoms with Crippen molar-refractivity contribution in [2.24, 2.45) is 5.92 Å². The topological polar surface area (TPSA) is 88.1 Å². The molecule has 4 aromatic rings. The monoisotopic (exact) mass is 664 g/mol. The first kappa shape index (κ1) is 35.1. The van der Waals surface area contributed by atoms with E-state index in [1.165, 1.54) is 10.8 Å². The minimum atomic E-state index is -2.14. The Balaban J connectivity index is 1.31. The number of carbonyl (C=O) groups is 2. The Morgan fingerprint density at radius 2 is 1.50 bits per heavy atom. The van der Waals surface area contributed by atoms with E-state index in [-0.39, 0.29) is 55.1 Å². The zero-order valence-corrected chi connectivity index (χ0v) is 29.5. The number of benzene rings is 4. The van der Waals surface area contributed by atoms with Gasteiger partial charge in [-0.2, -0.15) is 0 Å². The summed E-state index contributed by atoms with van der Waals surface area (Å²) < 4.78 is 12.3. The van der Waals surface area contributed by atoms with Crippen molar-refractivity contribution >= 4 is 30.8 Å². The van der Waals surface area contributed by atoms with Gasteiger partial charge in [-0.05, 0) is 71.8 Å². The van der Waals surface area contributed by atoms with Gasteiger partial charge in [0.1, 0.15) is 5.75 Å². The number of nitrogens with zero attached hydrogens (tertiary/aromatic N) is 1. The van der Waals surface area contributed by atoms with Crippen molar-refractivity contribution in [1.82, 2.24) is 4.90 Å². The van der Waals surface area contributed by atoms with E-state index in [0.717, 1.165) is 29.8 Å². The normalized spacial score (nSPS) is 19.1. The van der Waals surface area contributed by atoms with Crippen LogP contribution in [0.1, 0.15) is 41.3 Å². The van der Waals surface area contributed by atoms with Crippen molar-refractivity contribution in [1.29, 1.82) is 0 Å². The van der Waals surface area contributed by atoms with Crippen LogP contribution >= 0.6 is 0 Å². The molecule has 1 aliphatic heterocycles. The minimum absolute atomic E-state index is 0.00317. The number of hydrogen-bond acceptors (Lipinski definition) is 5. The number of carbonyl (C=O) groups excluding carboxylic acids is 2. The minimum Gasteiger partial charge on any atom is -0.497 e. The van der Waals surface area contributed by atoms with E-state index in [2.05, 4.69) is 49.6 Å². The molecule has 0 spiro atoms. The molecule has 0 bridgehead atoms. The SMILES string of the molecule is COc1ccc([Si](C)(C)[C@H]2[C@H](C)[C@H](CCc3ccc(NC(=O)c4ccccc4)cc3)O[C@@H]2CC(=O)N(CCO)Cc2ccccc2)cc1. The second kappa shape index (κ2) is 16.2. The summed E-state index contributed by atoms with van der Waals surface area (Å²) in [6.07, 6.45) is 1.70. The lowest BCUT2D eigenvalue weighted by molar-refractivity contribution is -0.135. The molecule has 2 N–H and O–H groups in total. The lowest BCUT2D eigenvalue weighted by Gasteiger charge is -2.36. The fourth-order valence-electron chi connectivity index (χ4n) is 7.22. The van der Waals surface area contributed by atoms with E-state index in [1.54, 1.807) is 24.1 Å². The molecular formula is C40H48N2O5Si. The number of anilines is 1. The molecule has 1 aliphatic rings. The Kier molecular flexibility index (Phi) is 11.9. The molecule has 0 unspecified atom stereocenters. The molecule has 4 aromatic carbocycles. The van der Waals surface area contributed by atoms with Crippen LogP contribution in [-0.2, 0) is 22.5 Å².